The van der Waals surface area contributed by atoms with Crippen LogP contribution in [0.3, 0.4) is 0 Å². The van der Waals surface area contributed by atoms with Gasteiger partial charge in [0.05, 0.1) is 11.8 Å². The molecule has 0 N–H and O–H groups in total. The second-order valence-corrected chi connectivity index (χ2v) is 6.74. The summed E-state index contributed by atoms with van der Waals surface area (Å²) < 4.78 is 10.8. The molecule has 1 heterocycles. The highest BCUT2D eigenvalue weighted by atomic mass is 16.6. The van der Waals surface area contributed by atoms with E-state index in [-0.39, 0.29) is 17.3 Å². The van der Waals surface area contributed by atoms with Crippen LogP contribution >= 0.6 is 0 Å². The summed E-state index contributed by atoms with van der Waals surface area (Å²) in [5.74, 6) is -2.40. The number of allylic oxidation sites excluding steroid dienone is 2. The van der Waals surface area contributed by atoms with Crippen molar-refractivity contribution in [3.05, 3.63) is 35.5 Å². The molecule has 2 rings (SSSR count). The summed E-state index contributed by atoms with van der Waals surface area (Å²) >= 11 is 0. The highest BCUT2D eigenvalue weighted by molar-refractivity contribution is 6.02. The van der Waals surface area contributed by atoms with Gasteiger partial charge in [0.15, 0.2) is 11.9 Å². The Morgan fingerprint density at radius 1 is 1.33 bits per heavy atom. The van der Waals surface area contributed by atoms with Gasteiger partial charge in [0.2, 0.25) is 0 Å². The van der Waals surface area contributed by atoms with E-state index in [0.717, 1.165) is 12.0 Å². The Morgan fingerprint density at radius 3 is 2.62 bits per heavy atom. The fourth-order valence-corrected chi connectivity index (χ4v) is 2.86. The van der Waals surface area contributed by atoms with E-state index in [1.165, 1.54) is 0 Å². The minimum absolute atomic E-state index is 0.173. The quantitative estimate of drug-likeness (QED) is 0.442. The molecule has 0 radical (unpaired) electrons. The van der Waals surface area contributed by atoms with Crippen LogP contribution in [0.5, 0.6) is 0 Å². The molecule has 0 bridgehead atoms. The smallest absolute Gasteiger partial charge is 0.334 e. The van der Waals surface area contributed by atoms with Crippen LogP contribution in [0.25, 0.3) is 0 Å². The van der Waals surface area contributed by atoms with Gasteiger partial charge in [-0.05, 0) is 38.3 Å². The average Bonchev–Trinajstić information content (AvgIpc) is 2.77. The molecule has 130 valence electrons. The lowest BCUT2D eigenvalue weighted by molar-refractivity contribution is -0.160. The number of ether oxygens (including phenoxy) is 2. The Hall–Kier alpha value is -2.17. The average molecular weight is 332 g/mol. The minimum atomic E-state index is -1.10. The number of hydrogen-bond acceptors (Lipinski definition) is 5. The summed E-state index contributed by atoms with van der Waals surface area (Å²) in [6.45, 7) is 10.8. The van der Waals surface area contributed by atoms with Crippen LogP contribution in [0, 0.1) is 11.8 Å². The molecule has 24 heavy (non-hydrogen) atoms. The summed E-state index contributed by atoms with van der Waals surface area (Å²) in [5.41, 5.74) is 1.75. The Balaban J connectivity index is 2.48. The van der Waals surface area contributed by atoms with E-state index in [1.807, 2.05) is 19.1 Å². The summed E-state index contributed by atoms with van der Waals surface area (Å²) in [7, 11) is 0. The maximum absolute atomic E-state index is 12.8. The first-order valence-electron chi connectivity index (χ1n) is 8.21. The molecule has 5 heteroatoms. The standard InChI is InChI=1S/C19H24O5/c1-10(2)18(21)24-17-15-13(5)19(22)23-14(15)9-11(3)7-6-8-12(4)16(17)20/h8-10,14-15,17H,5-7H2,1-4H3. The molecule has 3 atom stereocenters. The molecule has 0 saturated carbocycles. The number of carbonyl (C=O) groups excluding carboxylic acids is 3. The van der Waals surface area contributed by atoms with Crippen molar-refractivity contribution in [1.29, 1.82) is 0 Å². The lowest BCUT2D eigenvalue weighted by Gasteiger charge is -2.26. The molecule has 0 amide bonds. The van der Waals surface area contributed by atoms with Crippen LogP contribution in [0.1, 0.15) is 40.5 Å². The number of hydrogen-bond donors (Lipinski definition) is 0. The predicted molar refractivity (Wildman–Crippen MR) is 89.0 cm³/mol. The molecule has 0 aromatic carbocycles. The van der Waals surface area contributed by atoms with Crippen LogP contribution < -0.4 is 0 Å². The normalized spacial score (nSPS) is 28.0. The third kappa shape index (κ3) is 3.66. The van der Waals surface area contributed by atoms with E-state index < -0.39 is 30.1 Å². The highest BCUT2D eigenvalue weighted by Crippen LogP contribution is 2.35. The molecule has 0 aromatic rings. The largest absolute Gasteiger partial charge is 0.454 e. The molecule has 0 spiro atoms. The predicted octanol–water partition coefficient (Wildman–Crippen LogP) is 2.91. The van der Waals surface area contributed by atoms with Crippen molar-refractivity contribution in [1.82, 2.24) is 0 Å². The fourth-order valence-electron chi connectivity index (χ4n) is 2.86. The molecule has 0 aromatic heterocycles. The maximum Gasteiger partial charge on any atom is 0.334 e. The van der Waals surface area contributed by atoms with Crippen LogP contribution in [0.15, 0.2) is 35.5 Å². The van der Waals surface area contributed by atoms with E-state index in [0.29, 0.717) is 12.0 Å². The number of carbonyl (C=O) groups is 3. The first-order chi connectivity index (χ1) is 11.2. The van der Waals surface area contributed by atoms with Gasteiger partial charge in [0.1, 0.15) is 6.10 Å². The summed E-state index contributed by atoms with van der Waals surface area (Å²) in [6, 6.07) is 0. The van der Waals surface area contributed by atoms with Gasteiger partial charge in [-0.1, -0.05) is 32.1 Å². The van der Waals surface area contributed by atoms with E-state index in [9.17, 15) is 14.4 Å². The van der Waals surface area contributed by atoms with E-state index >= 15 is 0 Å². The van der Waals surface area contributed by atoms with Crippen molar-refractivity contribution >= 4 is 17.7 Å². The zero-order valence-electron chi connectivity index (χ0n) is 14.6. The first-order valence-corrected chi connectivity index (χ1v) is 8.21. The molecule has 1 saturated heterocycles. The number of fused-ring (bicyclic) bond motifs is 1. The SMILES string of the molecule is C=C1C(=O)OC2C=C(C)CCC=C(C)C(=O)C(OC(=O)C(C)C)C12. The lowest BCUT2D eigenvalue weighted by atomic mass is 9.84. The molecule has 1 fully saturated rings. The van der Waals surface area contributed by atoms with E-state index in [4.69, 9.17) is 9.47 Å². The minimum Gasteiger partial charge on any atom is -0.454 e. The molecule has 1 aliphatic heterocycles. The number of esters is 2. The van der Waals surface area contributed by atoms with Gasteiger partial charge >= 0.3 is 11.9 Å². The number of Topliss-reactive ketones (excluding diaryl/α,β-unsaturated/α-hetero) is 1. The number of rotatable bonds is 2. The van der Waals surface area contributed by atoms with Crippen molar-refractivity contribution in [3.63, 3.8) is 0 Å². The Bertz CT molecular complexity index is 638. The second kappa shape index (κ2) is 7.16. The summed E-state index contributed by atoms with van der Waals surface area (Å²) in [5, 5.41) is 0. The molecule has 1 aliphatic carbocycles. The van der Waals surface area contributed by atoms with Crippen molar-refractivity contribution in [2.24, 2.45) is 11.8 Å². The highest BCUT2D eigenvalue weighted by Gasteiger charge is 2.47. The molecule has 5 nitrogen and oxygen atoms in total. The number of ketones is 1. The summed E-state index contributed by atoms with van der Waals surface area (Å²) in [6.07, 6.45) is 3.42. The third-order valence-electron chi connectivity index (χ3n) is 4.39. The van der Waals surface area contributed by atoms with Crippen molar-refractivity contribution < 1.29 is 23.9 Å². The van der Waals surface area contributed by atoms with Crippen molar-refractivity contribution in [2.45, 2.75) is 52.7 Å². The van der Waals surface area contributed by atoms with Crippen molar-refractivity contribution in [2.75, 3.05) is 0 Å². The first kappa shape index (κ1) is 18.2. The van der Waals surface area contributed by atoms with E-state index in [2.05, 4.69) is 6.58 Å². The second-order valence-electron chi connectivity index (χ2n) is 6.74. The van der Waals surface area contributed by atoms with Gasteiger partial charge < -0.3 is 9.47 Å². The lowest BCUT2D eigenvalue weighted by Crippen LogP contribution is -2.40. The Labute approximate surface area is 142 Å². The molecule has 3 unspecified atom stereocenters. The van der Waals surface area contributed by atoms with Gasteiger partial charge in [-0.25, -0.2) is 4.79 Å². The fraction of sp³-hybridized carbons (Fsp3) is 0.526. The monoisotopic (exact) mass is 332 g/mol. The Kier molecular flexibility index (Phi) is 5.42. The third-order valence-corrected chi connectivity index (χ3v) is 4.39. The van der Waals surface area contributed by atoms with Crippen molar-refractivity contribution in [3.8, 4) is 0 Å². The van der Waals surface area contributed by atoms with Gasteiger partial charge in [0, 0.05) is 5.57 Å². The van der Waals surface area contributed by atoms with Crippen LogP contribution in [0.2, 0.25) is 0 Å². The van der Waals surface area contributed by atoms with E-state index in [1.54, 1.807) is 20.8 Å². The molecule has 2 aliphatic rings. The molecular weight excluding hydrogens is 308 g/mol. The van der Waals surface area contributed by atoms with Crippen LogP contribution in [-0.4, -0.2) is 29.9 Å². The zero-order valence-corrected chi connectivity index (χ0v) is 14.6. The summed E-state index contributed by atoms with van der Waals surface area (Å²) in [4.78, 5) is 36.9. The van der Waals surface area contributed by atoms with Crippen LogP contribution in [-0.2, 0) is 23.9 Å². The topological polar surface area (TPSA) is 69.7 Å². The maximum atomic E-state index is 12.8. The van der Waals surface area contributed by atoms with Gasteiger partial charge in [-0.2, -0.15) is 0 Å². The Morgan fingerprint density at radius 2 is 2.00 bits per heavy atom. The van der Waals surface area contributed by atoms with Crippen LogP contribution in [0.4, 0.5) is 0 Å². The van der Waals surface area contributed by atoms with Gasteiger partial charge in [-0.15, -0.1) is 0 Å². The molecular formula is C19H24O5. The zero-order chi connectivity index (χ0) is 18.0. The van der Waals surface area contributed by atoms with Gasteiger partial charge in [-0.3, -0.25) is 9.59 Å². The van der Waals surface area contributed by atoms with Gasteiger partial charge in [0.25, 0.3) is 0 Å².